The van der Waals surface area contributed by atoms with Crippen molar-refractivity contribution >= 4 is 32.0 Å². The summed E-state index contributed by atoms with van der Waals surface area (Å²) >= 11 is 3.23. The van der Waals surface area contributed by atoms with Crippen molar-refractivity contribution in [3.63, 3.8) is 0 Å². The molecule has 1 aromatic carbocycles. The normalized spacial score (nSPS) is 15.2. The lowest BCUT2D eigenvalue weighted by Gasteiger charge is -2.17. The monoisotopic (exact) mass is 377 g/mol. The molecule has 7 nitrogen and oxygen atoms in total. The predicted octanol–water partition coefficient (Wildman–Crippen LogP) is 0.809. The van der Waals surface area contributed by atoms with Gasteiger partial charge < -0.3 is 15.0 Å². The highest BCUT2D eigenvalue weighted by Gasteiger charge is 2.21. The highest BCUT2D eigenvalue weighted by Crippen LogP contribution is 2.30. The molecule has 0 radical (unpaired) electrons. The Kier molecular flexibility index (Phi) is 4.74. The summed E-state index contributed by atoms with van der Waals surface area (Å²) in [6, 6.07) is 3.00. The molecule has 1 heterocycles. The number of hydrogen-bond donors (Lipinski definition) is 2. The first-order chi connectivity index (χ1) is 9.79. The summed E-state index contributed by atoms with van der Waals surface area (Å²) in [6.07, 6.45) is 0. The average molecular weight is 378 g/mol. The van der Waals surface area contributed by atoms with Crippen LogP contribution in [0, 0.1) is 6.92 Å². The van der Waals surface area contributed by atoms with Gasteiger partial charge in [0.25, 0.3) is 0 Å². The minimum Gasteiger partial charge on any atom is -0.490 e. The third kappa shape index (κ3) is 3.86. The lowest BCUT2D eigenvalue weighted by molar-refractivity contribution is 0.201. The highest BCUT2D eigenvalue weighted by molar-refractivity contribution is 9.10. The van der Waals surface area contributed by atoms with Crippen molar-refractivity contribution < 1.29 is 17.9 Å². The number of benzene rings is 1. The van der Waals surface area contributed by atoms with Crippen molar-refractivity contribution in [2.75, 3.05) is 26.2 Å². The fourth-order valence-corrected chi connectivity index (χ4v) is 3.57. The van der Waals surface area contributed by atoms with Crippen LogP contribution in [0.2, 0.25) is 0 Å². The quantitative estimate of drug-likeness (QED) is 0.792. The Labute approximate surface area is 131 Å². The zero-order valence-corrected chi connectivity index (χ0v) is 13.8. The third-order valence-electron chi connectivity index (χ3n) is 3.06. The molecule has 2 amide bonds. The number of rotatable bonds is 5. The summed E-state index contributed by atoms with van der Waals surface area (Å²) in [5.74, 6) is 0.223. The second-order valence-corrected chi connectivity index (χ2v) is 7.11. The van der Waals surface area contributed by atoms with Crippen molar-refractivity contribution in [3.8, 4) is 5.75 Å². The Morgan fingerprint density at radius 2 is 2.19 bits per heavy atom. The number of hydrogen-bond acceptors (Lipinski definition) is 4. The Morgan fingerprint density at radius 3 is 2.76 bits per heavy atom. The zero-order valence-electron chi connectivity index (χ0n) is 11.4. The fourth-order valence-electron chi connectivity index (χ4n) is 2.08. The molecule has 0 saturated carbocycles. The number of nitrogens with one attached hydrogen (secondary N) is 1. The van der Waals surface area contributed by atoms with Crippen LogP contribution in [0.5, 0.6) is 5.75 Å². The number of aryl methyl sites for hydroxylation is 1. The van der Waals surface area contributed by atoms with Gasteiger partial charge in [-0.15, -0.1) is 0 Å². The minimum absolute atomic E-state index is 0.0692. The number of primary sulfonamides is 1. The number of nitrogens with two attached hydrogens (primary N) is 1. The molecule has 1 saturated heterocycles. The largest absolute Gasteiger partial charge is 0.490 e. The first-order valence-corrected chi connectivity index (χ1v) is 8.61. The molecule has 116 valence electrons. The molecule has 3 N–H and O–H groups in total. The van der Waals surface area contributed by atoms with Crippen LogP contribution in [-0.2, 0) is 10.0 Å². The topological polar surface area (TPSA) is 102 Å². The SMILES string of the molecule is Cc1cc(Br)cc(S(N)(=O)=O)c1OCCN1CCNC1=O. The van der Waals surface area contributed by atoms with E-state index in [4.69, 9.17) is 9.88 Å². The van der Waals surface area contributed by atoms with E-state index in [9.17, 15) is 13.2 Å². The van der Waals surface area contributed by atoms with Crippen molar-refractivity contribution in [2.45, 2.75) is 11.8 Å². The molecule has 1 aromatic rings. The zero-order chi connectivity index (χ0) is 15.6. The summed E-state index contributed by atoms with van der Waals surface area (Å²) in [4.78, 5) is 12.9. The summed E-state index contributed by atoms with van der Waals surface area (Å²) < 4.78 is 29.4. The first-order valence-electron chi connectivity index (χ1n) is 6.27. The Bertz CT molecular complexity index is 663. The van der Waals surface area contributed by atoms with Crippen LogP contribution in [-0.4, -0.2) is 45.6 Å². The molecule has 0 aliphatic carbocycles. The Balaban J connectivity index is 2.14. The Morgan fingerprint density at radius 1 is 1.48 bits per heavy atom. The second-order valence-electron chi connectivity index (χ2n) is 4.66. The highest BCUT2D eigenvalue weighted by atomic mass is 79.9. The van der Waals surface area contributed by atoms with Crippen molar-refractivity contribution in [1.29, 1.82) is 0 Å². The molecule has 1 aliphatic rings. The molecular weight excluding hydrogens is 362 g/mol. The maximum absolute atomic E-state index is 11.6. The van der Waals surface area contributed by atoms with Gasteiger partial charge in [-0.25, -0.2) is 18.4 Å². The van der Waals surface area contributed by atoms with Gasteiger partial charge in [0.1, 0.15) is 17.3 Å². The predicted molar refractivity (Wildman–Crippen MR) is 80.7 cm³/mol. The van der Waals surface area contributed by atoms with Crippen LogP contribution in [0.4, 0.5) is 4.79 Å². The van der Waals surface area contributed by atoms with Gasteiger partial charge >= 0.3 is 6.03 Å². The molecule has 2 rings (SSSR count). The minimum atomic E-state index is -3.89. The maximum Gasteiger partial charge on any atom is 0.317 e. The molecule has 21 heavy (non-hydrogen) atoms. The van der Waals surface area contributed by atoms with Crippen molar-refractivity contribution in [2.24, 2.45) is 5.14 Å². The third-order valence-corrected chi connectivity index (χ3v) is 4.44. The first kappa shape index (κ1) is 16.1. The molecule has 0 spiro atoms. The smallest absolute Gasteiger partial charge is 0.317 e. The van der Waals surface area contributed by atoms with Gasteiger partial charge in [-0.2, -0.15) is 0 Å². The van der Waals surface area contributed by atoms with Crippen LogP contribution in [0.1, 0.15) is 5.56 Å². The molecule has 9 heteroatoms. The van der Waals surface area contributed by atoms with E-state index in [1.165, 1.54) is 6.07 Å². The fraction of sp³-hybridized carbons (Fsp3) is 0.417. The van der Waals surface area contributed by atoms with Crippen LogP contribution in [0.15, 0.2) is 21.5 Å². The van der Waals surface area contributed by atoms with Crippen LogP contribution in [0.3, 0.4) is 0 Å². The van der Waals surface area contributed by atoms with E-state index in [2.05, 4.69) is 21.2 Å². The van der Waals surface area contributed by atoms with E-state index in [-0.39, 0.29) is 23.3 Å². The van der Waals surface area contributed by atoms with Gasteiger partial charge in [0, 0.05) is 17.6 Å². The molecule has 0 unspecified atom stereocenters. The summed E-state index contributed by atoms with van der Waals surface area (Å²) in [5, 5.41) is 7.89. The number of sulfonamides is 1. The molecule has 0 aromatic heterocycles. The van der Waals surface area contributed by atoms with E-state index in [0.717, 1.165) is 0 Å². The van der Waals surface area contributed by atoms with Gasteiger partial charge in [0.05, 0.1) is 6.54 Å². The number of carbonyl (C=O) groups excluding carboxylic acids is 1. The van der Waals surface area contributed by atoms with Gasteiger partial charge in [-0.1, -0.05) is 15.9 Å². The molecule has 0 bridgehead atoms. The van der Waals surface area contributed by atoms with Gasteiger partial charge in [-0.3, -0.25) is 0 Å². The van der Waals surface area contributed by atoms with E-state index in [1.54, 1.807) is 17.9 Å². The van der Waals surface area contributed by atoms with Crippen LogP contribution in [0.25, 0.3) is 0 Å². The van der Waals surface area contributed by atoms with E-state index in [0.29, 0.717) is 29.7 Å². The van der Waals surface area contributed by atoms with Crippen LogP contribution >= 0.6 is 15.9 Å². The standard InChI is InChI=1S/C12H16BrN3O4S/c1-8-6-9(13)7-10(21(14,18)19)11(8)20-5-4-16-3-2-15-12(16)17/h6-7H,2-5H2,1H3,(H,15,17)(H2,14,18,19). The number of carbonyl (C=O) groups is 1. The average Bonchev–Trinajstić information content (AvgIpc) is 2.76. The number of ether oxygens (including phenoxy) is 1. The van der Waals surface area contributed by atoms with Crippen LogP contribution < -0.4 is 15.2 Å². The van der Waals surface area contributed by atoms with Crippen molar-refractivity contribution in [1.82, 2.24) is 10.2 Å². The number of nitrogens with zero attached hydrogens (tertiary/aromatic N) is 1. The van der Waals surface area contributed by atoms with Gasteiger partial charge in [0.15, 0.2) is 0 Å². The molecule has 1 aliphatic heterocycles. The molecule has 0 atom stereocenters. The van der Waals surface area contributed by atoms with E-state index in [1.807, 2.05) is 0 Å². The summed E-state index contributed by atoms with van der Waals surface area (Å²) in [5.41, 5.74) is 0.652. The number of urea groups is 1. The maximum atomic E-state index is 11.6. The molecule has 1 fully saturated rings. The second kappa shape index (κ2) is 6.20. The summed E-state index contributed by atoms with van der Waals surface area (Å²) in [7, 11) is -3.89. The lowest BCUT2D eigenvalue weighted by Crippen LogP contribution is -2.32. The number of halogens is 1. The van der Waals surface area contributed by atoms with E-state index >= 15 is 0 Å². The number of amides is 2. The van der Waals surface area contributed by atoms with Gasteiger partial charge in [-0.05, 0) is 24.6 Å². The van der Waals surface area contributed by atoms with Gasteiger partial charge in [0.2, 0.25) is 10.0 Å². The molecular formula is C12H16BrN3O4S. The van der Waals surface area contributed by atoms with Crippen molar-refractivity contribution in [3.05, 3.63) is 22.2 Å². The van der Waals surface area contributed by atoms with E-state index < -0.39 is 10.0 Å². The Hall–Kier alpha value is -1.32. The summed E-state index contributed by atoms with van der Waals surface area (Å²) in [6.45, 7) is 3.53. The lowest BCUT2D eigenvalue weighted by atomic mass is 10.2.